The Labute approximate surface area is 109 Å². The van der Waals surface area contributed by atoms with Crippen molar-refractivity contribution in [3.8, 4) is 0 Å². The van der Waals surface area contributed by atoms with E-state index < -0.39 is 0 Å². The Hall–Kier alpha value is -1.92. The number of aromatic nitrogens is 2. The summed E-state index contributed by atoms with van der Waals surface area (Å²) in [7, 11) is 0. The largest absolute Gasteiger partial charge is 0.290 e. The molecule has 2 aromatic rings. The van der Waals surface area contributed by atoms with Gasteiger partial charge in [0, 0.05) is 23.7 Å². The molecule has 0 aliphatic rings. The molecule has 0 atom stereocenters. The first kappa shape index (κ1) is 12.5. The number of carbonyl (C=O) groups is 1. The fourth-order valence-electron chi connectivity index (χ4n) is 1.40. The Bertz CT molecular complexity index is 533. The number of benzene rings is 1. The van der Waals surface area contributed by atoms with Crippen LogP contribution in [0.25, 0.3) is 0 Å². The molecule has 0 saturated heterocycles. The number of hydrogen-bond acceptors (Lipinski definition) is 5. The van der Waals surface area contributed by atoms with Gasteiger partial charge in [0.2, 0.25) is 0 Å². The SMILES string of the molecule is NNC(=O)c1cccc(CSc2cnccn2)c1. The van der Waals surface area contributed by atoms with Gasteiger partial charge in [-0.3, -0.25) is 15.2 Å². The zero-order valence-corrected chi connectivity index (χ0v) is 10.4. The third kappa shape index (κ3) is 3.28. The molecule has 1 aromatic carbocycles. The molecule has 1 amide bonds. The van der Waals surface area contributed by atoms with Gasteiger partial charge in [0.15, 0.2) is 0 Å². The van der Waals surface area contributed by atoms with E-state index in [4.69, 9.17) is 5.84 Å². The summed E-state index contributed by atoms with van der Waals surface area (Å²) in [6.07, 6.45) is 5.00. The molecule has 0 spiro atoms. The lowest BCUT2D eigenvalue weighted by atomic mass is 10.1. The van der Waals surface area contributed by atoms with Crippen molar-refractivity contribution in [2.24, 2.45) is 5.84 Å². The van der Waals surface area contributed by atoms with E-state index in [-0.39, 0.29) is 5.91 Å². The number of hydrogen-bond donors (Lipinski definition) is 2. The van der Waals surface area contributed by atoms with E-state index in [1.54, 1.807) is 36.4 Å². The molecule has 92 valence electrons. The van der Waals surface area contributed by atoms with Crippen LogP contribution in [-0.2, 0) is 5.75 Å². The number of thioether (sulfide) groups is 1. The van der Waals surface area contributed by atoms with Crippen molar-refractivity contribution in [3.63, 3.8) is 0 Å². The summed E-state index contributed by atoms with van der Waals surface area (Å²) >= 11 is 1.56. The summed E-state index contributed by atoms with van der Waals surface area (Å²) < 4.78 is 0. The van der Waals surface area contributed by atoms with Gasteiger partial charge < -0.3 is 0 Å². The van der Waals surface area contributed by atoms with Crippen LogP contribution < -0.4 is 11.3 Å². The molecule has 18 heavy (non-hydrogen) atoms. The molecule has 1 aromatic heterocycles. The third-order valence-electron chi connectivity index (χ3n) is 2.25. The Morgan fingerprint density at radius 1 is 1.39 bits per heavy atom. The topological polar surface area (TPSA) is 80.9 Å². The highest BCUT2D eigenvalue weighted by molar-refractivity contribution is 7.98. The highest BCUT2D eigenvalue weighted by Crippen LogP contribution is 2.20. The van der Waals surface area contributed by atoms with Gasteiger partial charge in [-0.2, -0.15) is 0 Å². The molecule has 0 bridgehead atoms. The van der Waals surface area contributed by atoms with E-state index >= 15 is 0 Å². The average molecular weight is 260 g/mol. The quantitative estimate of drug-likeness (QED) is 0.375. The Balaban J connectivity index is 2.04. The fourth-order valence-corrected chi connectivity index (χ4v) is 2.17. The zero-order chi connectivity index (χ0) is 12.8. The number of nitrogens with one attached hydrogen (secondary N) is 1. The van der Waals surface area contributed by atoms with Crippen molar-refractivity contribution in [2.45, 2.75) is 10.8 Å². The molecule has 0 saturated carbocycles. The summed E-state index contributed by atoms with van der Waals surface area (Å²) in [5.74, 6) is 5.53. The zero-order valence-electron chi connectivity index (χ0n) is 9.54. The van der Waals surface area contributed by atoms with E-state index in [1.165, 1.54) is 0 Å². The first-order valence-corrected chi connectivity index (χ1v) is 6.27. The molecule has 0 aliphatic heterocycles. The van der Waals surface area contributed by atoms with Crippen molar-refractivity contribution in [1.82, 2.24) is 15.4 Å². The van der Waals surface area contributed by atoms with Crippen LogP contribution in [0.5, 0.6) is 0 Å². The number of nitrogen functional groups attached to an aromatic ring is 1. The van der Waals surface area contributed by atoms with Gasteiger partial charge >= 0.3 is 0 Å². The number of nitrogens with zero attached hydrogens (tertiary/aromatic N) is 2. The molecule has 2 rings (SSSR count). The average Bonchev–Trinajstić information content (AvgIpc) is 2.45. The van der Waals surface area contributed by atoms with Crippen LogP contribution in [-0.4, -0.2) is 15.9 Å². The monoisotopic (exact) mass is 260 g/mol. The molecule has 0 radical (unpaired) electrons. The van der Waals surface area contributed by atoms with E-state index in [1.807, 2.05) is 18.2 Å². The highest BCUT2D eigenvalue weighted by Gasteiger charge is 2.04. The number of nitrogens with two attached hydrogens (primary N) is 1. The van der Waals surface area contributed by atoms with Gasteiger partial charge in [-0.15, -0.1) is 11.8 Å². The summed E-state index contributed by atoms with van der Waals surface area (Å²) in [6.45, 7) is 0. The Morgan fingerprint density at radius 3 is 3.00 bits per heavy atom. The molecule has 1 heterocycles. The van der Waals surface area contributed by atoms with Crippen molar-refractivity contribution in [2.75, 3.05) is 0 Å². The second-order valence-corrected chi connectivity index (χ2v) is 4.50. The molecular formula is C12H12N4OS. The molecule has 0 fully saturated rings. The van der Waals surface area contributed by atoms with Gasteiger partial charge in [-0.05, 0) is 17.7 Å². The maximum Gasteiger partial charge on any atom is 0.265 e. The van der Waals surface area contributed by atoms with E-state index in [0.717, 1.165) is 16.3 Å². The molecule has 0 unspecified atom stereocenters. The first-order valence-electron chi connectivity index (χ1n) is 5.28. The normalized spacial score (nSPS) is 10.1. The lowest BCUT2D eigenvalue weighted by molar-refractivity contribution is 0.0953. The van der Waals surface area contributed by atoms with Crippen LogP contribution in [0.15, 0.2) is 47.9 Å². The molecule has 3 N–H and O–H groups in total. The van der Waals surface area contributed by atoms with Crippen molar-refractivity contribution < 1.29 is 4.79 Å². The van der Waals surface area contributed by atoms with Crippen LogP contribution in [0, 0.1) is 0 Å². The minimum Gasteiger partial charge on any atom is -0.290 e. The summed E-state index contributed by atoms with van der Waals surface area (Å²) in [4.78, 5) is 19.5. The Kier molecular flexibility index (Phi) is 4.27. The predicted octanol–water partition coefficient (Wildman–Crippen LogP) is 1.37. The Morgan fingerprint density at radius 2 is 2.28 bits per heavy atom. The lowest BCUT2D eigenvalue weighted by Crippen LogP contribution is -2.29. The minimum absolute atomic E-state index is 0.290. The van der Waals surface area contributed by atoms with Crippen molar-refractivity contribution in [1.29, 1.82) is 0 Å². The van der Waals surface area contributed by atoms with Crippen LogP contribution in [0.4, 0.5) is 0 Å². The van der Waals surface area contributed by atoms with E-state index in [0.29, 0.717) is 5.56 Å². The minimum atomic E-state index is -0.290. The van der Waals surface area contributed by atoms with Crippen molar-refractivity contribution in [3.05, 3.63) is 54.0 Å². The maximum absolute atomic E-state index is 11.4. The third-order valence-corrected chi connectivity index (χ3v) is 3.23. The standard InChI is InChI=1S/C12H12N4OS/c13-16-12(17)10-3-1-2-9(6-10)8-18-11-7-14-4-5-15-11/h1-7H,8,13H2,(H,16,17). The lowest BCUT2D eigenvalue weighted by Gasteiger charge is -2.04. The predicted molar refractivity (Wildman–Crippen MR) is 69.7 cm³/mol. The second kappa shape index (κ2) is 6.13. The summed E-state index contributed by atoms with van der Waals surface area (Å²) in [6, 6.07) is 7.32. The fraction of sp³-hybridized carbons (Fsp3) is 0.0833. The number of hydrazine groups is 1. The van der Waals surface area contributed by atoms with Gasteiger partial charge in [0.25, 0.3) is 5.91 Å². The van der Waals surface area contributed by atoms with Gasteiger partial charge in [-0.1, -0.05) is 12.1 Å². The molecule has 6 heteroatoms. The molecular weight excluding hydrogens is 248 g/mol. The van der Waals surface area contributed by atoms with Gasteiger partial charge in [0.1, 0.15) is 5.03 Å². The highest BCUT2D eigenvalue weighted by atomic mass is 32.2. The smallest absolute Gasteiger partial charge is 0.265 e. The number of rotatable bonds is 4. The summed E-state index contributed by atoms with van der Waals surface area (Å²) in [5.41, 5.74) is 3.70. The van der Waals surface area contributed by atoms with E-state index in [9.17, 15) is 4.79 Å². The second-order valence-electron chi connectivity index (χ2n) is 3.51. The molecule has 0 aliphatic carbocycles. The summed E-state index contributed by atoms with van der Waals surface area (Å²) in [5, 5.41) is 0.853. The number of amides is 1. The number of carbonyl (C=O) groups excluding carboxylic acids is 1. The maximum atomic E-state index is 11.4. The van der Waals surface area contributed by atoms with Crippen LogP contribution >= 0.6 is 11.8 Å². The van der Waals surface area contributed by atoms with Crippen LogP contribution in [0.3, 0.4) is 0 Å². The van der Waals surface area contributed by atoms with E-state index in [2.05, 4.69) is 15.4 Å². The van der Waals surface area contributed by atoms with Crippen LogP contribution in [0.2, 0.25) is 0 Å². The first-order chi connectivity index (χ1) is 8.79. The van der Waals surface area contributed by atoms with Crippen molar-refractivity contribution >= 4 is 17.7 Å². The van der Waals surface area contributed by atoms with Gasteiger partial charge in [-0.25, -0.2) is 10.8 Å². The molecule has 5 nitrogen and oxygen atoms in total. The van der Waals surface area contributed by atoms with Gasteiger partial charge in [0.05, 0.1) is 6.20 Å². The van der Waals surface area contributed by atoms with Crippen LogP contribution in [0.1, 0.15) is 15.9 Å².